The standard InChI is InChI=1S/C22H25NO3/c1-2-15-26-21-10-3-18(4-11-21)5-12-22(24)19-6-8-20(9-7-19)23-13-16-25-17-14-23/h3-12H,2,13-17H2,1H3. The maximum atomic E-state index is 12.4. The number of morpholine rings is 1. The topological polar surface area (TPSA) is 38.8 Å². The van der Waals surface area contributed by atoms with Crippen molar-refractivity contribution < 1.29 is 14.3 Å². The summed E-state index contributed by atoms with van der Waals surface area (Å²) >= 11 is 0. The van der Waals surface area contributed by atoms with Gasteiger partial charge in [0, 0.05) is 24.3 Å². The van der Waals surface area contributed by atoms with E-state index >= 15 is 0 Å². The van der Waals surface area contributed by atoms with Crippen LogP contribution in [0.2, 0.25) is 0 Å². The number of ketones is 1. The summed E-state index contributed by atoms with van der Waals surface area (Å²) in [6, 6.07) is 15.6. The first-order chi connectivity index (χ1) is 12.8. The molecule has 4 nitrogen and oxygen atoms in total. The van der Waals surface area contributed by atoms with Crippen LogP contribution in [0.15, 0.2) is 54.6 Å². The molecule has 0 aliphatic carbocycles. The second kappa shape index (κ2) is 9.20. The van der Waals surface area contributed by atoms with Crippen molar-refractivity contribution in [2.45, 2.75) is 13.3 Å². The Morgan fingerprint density at radius 3 is 2.42 bits per heavy atom. The summed E-state index contributed by atoms with van der Waals surface area (Å²) in [6.45, 7) is 6.10. The molecule has 1 aliphatic heterocycles. The van der Waals surface area contributed by atoms with Crippen LogP contribution in [-0.2, 0) is 4.74 Å². The zero-order chi connectivity index (χ0) is 18.2. The van der Waals surface area contributed by atoms with E-state index in [9.17, 15) is 4.79 Å². The molecule has 2 aromatic carbocycles. The first-order valence-corrected chi connectivity index (χ1v) is 9.14. The number of carbonyl (C=O) groups excluding carboxylic acids is 1. The van der Waals surface area contributed by atoms with Gasteiger partial charge in [-0.05, 0) is 54.5 Å². The quantitative estimate of drug-likeness (QED) is 0.553. The predicted octanol–water partition coefficient (Wildman–Crippen LogP) is 4.21. The fraction of sp³-hybridized carbons (Fsp3) is 0.318. The van der Waals surface area contributed by atoms with Gasteiger partial charge in [-0.15, -0.1) is 0 Å². The van der Waals surface area contributed by atoms with Crippen LogP contribution in [-0.4, -0.2) is 38.7 Å². The summed E-state index contributed by atoms with van der Waals surface area (Å²) in [6.07, 6.45) is 4.44. The Bertz CT molecular complexity index is 729. The van der Waals surface area contributed by atoms with E-state index in [1.807, 2.05) is 54.6 Å². The van der Waals surface area contributed by atoms with Gasteiger partial charge >= 0.3 is 0 Å². The fourth-order valence-electron chi connectivity index (χ4n) is 2.82. The van der Waals surface area contributed by atoms with Crippen LogP contribution in [0.3, 0.4) is 0 Å². The molecular weight excluding hydrogens is 326 g/mol. The van der Waals surface area contributed by atoms with Crippen molar-refractivity contribution in [2.24, 2.45) is 0 Å². The molecule has 0 amide bonds. The summed E-state index contributed by atoms with van der Waals surface area (Å²) in [5.41, 5.74) is 2.81. The lowest BCUT2D eigenvalue weighted by Gasteiger charge is -2.28. The molecule has 0 saturated carbocycles. The van der Waals surface area contributed by atoms with Gasteiger partial charge in [0.2, 0.25) is 0 Å². The first kappa shape index (κ1) is 18.2. The monoisotopic (exact) mass is 351 g/mol. The largest absolute Gasteiger partial charge is 0.494 e. The van der Waals surface area contributed by atoms with Gasteiger partial charge in [0.05, 0.1) is 19.8 Å². The molecule has 0 bridgehead atoms. The molecule has 3 rings (SSSR count). The van der Waals surface area contributed by atoms with Gasteiger partial charge < -0.3 is 14.4 Å². The number of hydrogen-bond donors (Lipinski definition) is 0. The van der Waals surface area contributed by atoms with Gasteiger partial charge in [-0.25, -0.2) is 0 Å². The van der Waals surface area contributed by atoms with Gasteiger partial charge in [0.15, 0.2) is 5.78 Å². The van der Waals surface area contributed by atoms with E-state index in [2.05, 4.69) is 11.8 Å². The van der Waals surface area contributed by atoms with Crippen LogP contribution >= 0.6 is 0 Å². The highest BCUT2D eigenvalue weighted by atomic mass is 16.5. The van der Waals surface area contributed by atoms with Crippen molar-refractivity contribution in [1.82, 2.24) is 0 Å². The third kappa shape index (κ3) is 4.96. The number of hydrogen-bond acceptors (Lipinski definition) is 4. The molecule has 26 heavy (non-hydrogen) atoms. The summed E-state index contributed by atoms with van der Waals surface area (Å²) < 4.78 is 10.9. The lowest BCUT2D eigenvalue weighted by atomic mass is 10.1. The van der Waals surface area contributed by atoms with E-state index in [1.54, 1.807) is 6.08 Å². The zero-order valence-corrected chi connectivity index (χ0v) is 15.2. The van der Waals surface area contributed by atoms with Crippen LogP contribution in [0, 0.1) is 0 Å². The molecule has 0 N–H and O–H groups in total. The van der Waals surface area contributed by atoms with Gasteiger partial charge in [0.1, 0.15) is 5.75 Å². The molecule has 0 unspecified atom stereocenters. The summed E-state index contributed by atoms with van der Waals surface area (Å²) in [7, 11) is 0. The SMILES string of the molecule is CCCOc1ccc(C=CC(=O)c2ccc(N3CCOCC3)cc2)cc1. The van der Waals surface area contributed by atoms with Crippen molar-refractivity contribution >= 4 is 17.5 Å². The van der Waals surface area contributed by atoms with E-state index in [-0.39, 0.29) is 5.78 Å². The highest BCUT2D eigenvalue weighted by Crippen LogP contribution is 2.18. The van der Waals surface area contributed by atoms with Crippen LogP contribution in [0.1, 0.15) is 29.3 Å². The number of rotatable bonds is 7. The molecular formula is C22H25NO3. The normalized spacial score (nSPS) is 14.6. The van der Waals surface area contributed by atoms with E-state index in [0.29, 0.717) is 12.2 Å². The summed E-state index contributed by atoms with van der Waals surface area (Å²) in [4.78, 5) is 14.6. The number of carbonyl (C=O) groups is 1. The van der Waals surface area contributed by atoms with Gasteiger partial charge in [-0.3, -0.25) is 4.79 Å². The van der Waals surface area contributed by atoms with Crippen molar-refractivity contribution in [3.05, 3.63) is 65.7 Å². The number of nitrogens with zero attached hydrogens (tertiary/aromatic N) is 1. The predicted molar refractivity (Wildman–Crippen MR) is 105 cm³/mol. The van der Waals surface area contributed by atoms with Crippen LogP contribution < -0.4 is 9.64 Å². The second-order valence-corrected chi connectivity index (χ2v) is 6.26. The van der Waals surface area contributed by atoms with Gasteiger partial charge in [0.25, 0.3) is 0 Å². The molecule has 2 aromatic rings. The molecule has 4 heteroatoms. The number of allylic oxidation sites excluding steroid dienone is 1. The lowest BCUT2D eigenvalue weighted by molar-refractivity contribution is 0.104. The van der Waals surface area contributed by atoms with Gasteiger partial charge in [-0.2, -0.15) is 0 Å². The van der Waals surface area contributed by atoms with E-state index in [4.69, 9.17) is 9.47 Å². The van der Waals surface area contributed by atoms with Crippen LogP contribution in [0.4, 0.5) is 5.69 Å². The number of benzene rings is 2. The van der Waals surface area contributed by atoms with Crippen molar-refractivity contribution in [3.8, 4) is 5.75 Å². The second-order valence-electron chi connectivity index (χ2n) is 6.26. The average molecular weight is 351 g/mol. The molecule has 0 atom stereocenters. The highest BCUT2D eigenvalue weighted by molar-refractivity contribution is 6.07. The van der Waals surface area contributed by atoms with Crippen molar-refractivity contribution in [3.63, 3.8) is 0 Å². The van der Waals surface area contributed by atoms with Crippen LogP contribution in [0.25, 0.3) is 6.08 Å². The van der Waals surface area contributed by atoms with E-state index in [1.165, 1.54) is 0 Å². The van der Waals surface area contributed by atoms with Gasteiger partial charge in [-0.1, -0.05) is 25.1 Å². The third-order valence-electron chi connectivity index (χ3n) is 4.31. The van der Waals surface area contributed by atoms with Crippen LogP contribution in [0.5, 0.6) is 5.75 Å². The molecule has 136 valence electrons. The smallest absolute Gasteiger partial charge is 0.185 e. The fourth-order valence-corrected chi connectivity index (χ4v) is 2.82. The first-order valence-electron chi connectivity index (χ1n) is 9.14. The maximum absolute atomic E-state index is 12.4. The molecule has 0 aromatic heterocycles. The Kier molecular flexibility index (Phi) is 6.45. The Balaban J connectivity index is 1.59. The molecule has 1 saturated heterocycles. The highest BCUT2D eigenvalue weighted by Gasteiger charge is 2.11. The Morgan fingerprint density at radius 1 is 1.08 bits per heavy atom. The Hall–Kier alpha value is -2.59. The number of anilines is 1. The Labute approximate surface area is 155 Å². The maximum Gasteiger partial charge on any atom is 0.185 e. The zero-order valence-electron chi connectivity index (χ0n) is 15.2. The minimum Gasteiger partial charge on any atom is -0.494 e. The molecule has 0 radical (unpaired) electrons. The van der Waals surface area contributed by atoms with E-state index < -0.39 is 0 Å². The molecule has 0 spiro atoms. The summed E-state index contributed by atoms with van der Waals surface area (Å²) in [5, 5.41) is 0. The molecule has 1 heterocycles. The average Bonchev–Trinajstić information content (AvgIpc) is 2.72. The number of ether oxygens (including phenoxy) is 2. The minimum absolute atomic E-state index is 0.00448. The molecule has 1 fully saturated rings. The lowest BCUT2D eigenvalue weighted by Crippen LogP contribution is -2.36. The summed E-state index contributed by atoms with van der Waals surface area (Å²) in [5.74, 6) is 0.860. The van der Waals surface area contributed by atoms with Crippen molar-refractivity contribution in [2.75, 3.05) is 37.8 Å². The minimum atomic E-state index is 0.00448. The van der Waals surface area contributed by atoms with Crippen molar-refractivity contribution in [1.29, 1.82) is 0 Å². The van der Waals surface area contributed by atoms with E-state index in [0.717, 1.165) is 49.7 Å². The Morgan fingerprint density at radius 2 is 1.77 bits per heavy atom. The third-order valence-corrected chi connectivity index (χ3v) is 4.31. The molecule has 1 aliphatic rings.